The maximum atomic E-state index is 12.9. The van der Waals surface area contributed by atoms with Gasteiger partial charge in [0.05, 0.1) is 23.1 Å². The zero-order chi connectivity index (χ0) is 22.3. The van der Waals surface area contributed by atoms with Crippen molar-refractivity contribution in [3.8, 4) is 0 Å². The Morgan fingerprint density at radius 2 is 2.03 bits per heavy atom. The number of sulfone groups is 1. The van der Waals surface area contributed by atoms with Crippen LogP contribution in [-0.4, -0.2) is 62.4 Å². The molecule has 1 amide bonds. The van der Waals surface area contributed by atoms with Crippen molar-refractivity contribution in [2.75, 3.05) is 25.5 Å². The van der Waals surface area contributed by atoms with Gasteiger partial charge in [-0.2, -0.15) is 0 Å². The van der Waals surface area contributed by atoms with Crippen LogP contribution in [0.3, 0.4) is 0 Å². The van der Waals surface area contributed by atoms with Gasteiger partial charge in [-0.15, -0.1) is 0 Å². The van der Waals surface area contributed by atoms with E-state index in [4.69, 9.17) is 15.9 Å². The molecule has 0 saturated heterocycles. The molecule has 2 atom stereocenters. The third kappa shape index (κ3) is 6.77. The molecule has 1 aromatic rings. The van der Waals surface area contributed by atoms with E-state index in [0.717, 1.165) is 5.56 Å². The number of rotatable bonds is 11. The second kappa shape index (κ2) is 10.5. The summed E-state index contributed by atoms with van der Waals surface area (Å²) in [6, 6.07) is 6.31. The number of ketones is 1. The molecule has 0 fully saturated rings. The second-order valence-corrected chi connectivity index (χ2v) is 9.55. The van der Waals surface area contributed by atoms with Gasteiger partial charge in [-0.1, -0.05) is 24.3 Å². The molecule has 2 rings (SSSR count). The molecule has 0 bridgehead atoms. The molecular weight excluding hydrogens is 406 g/mol. The SMILES string of the molecule is Cc1cccc(S(=O)(=O)CC2C=CC(C)N(CC(=O)CCCOCC(=N)N)C2=O)c1. The molecule has 8 nitrogen and oxygen atoms in total. The van der Waals surface area contributed by atoms with Crippen LogP contribution in [0.1, 0.15) is 25.3 Å². The topological polar surface area (TPSA) is 131 Å². The predicted molar refractivity (Wildman–Crippen MR) is 114 cm³/mol. The summed E-state index contributed by atoms with van der Waals surface area (Å²) in [6.45, 7) is 3.86. The Morgan fingerprint density at radius 1 is 1.30 bits per heavy atom. The first kappa shape index (κ1) is 23.8. The van der Waals surface area contributed by atoms with Crippen molar-refractivity contribution in [1.29, 1.82) is 5.41 Å². The Kier molecular flexibility index (Phi) is 8.31. The molecule has 1 aliphatic heterocycles. The lowest BCUT2D eigenvalue weighted by atomic mass is 10.0. The lowest BCUT2D eigenvalue weighted by Crippen LogP contribution is -2.48. The Bertz CT molecular complexity index is 926. The highest BCUT2D eigenvalue weighted by Gasteiger charge is 2.34. The first-order valence-electron chi connectivity index (χ1n) is 9.80. The van der Waals surface area contributed by atoms with Crippen LogP contribution < -0.4 is 5.73 Å². The third-order valence-electron chi connectivity index (χ3n) is 4.81. The molecular formula is C21H29N3O5S. The van der Waals surface area contributed by atoms with Gasteiger partial charge in [0, 0.05) is 19.1 Å². The summed E-state index contributed by atoms with van der Waals surface area (Å²) < 4.78 is 30.6. The maximum Gasteiger partial charge on any atom is 0.231 e. The van der Waals surface area contributed by atoms with E-state index in [1.165, 1.54) is 11.0 Å². The van der Waals surface area contributed by atoms with Crippen LogP contribution in [0.2, 0.25) is 0 Å². The van der Waals surface area contributed by atoms with Gasteiger partial charge in [-0.3, -0.25) is 15.0 Å². The van der Waals surface area contributed by atoms with Crippen molar-refractivity contribution in [1.82, 2.24) is 4.90 Å². The minimum absolute atomic E-state index is 0.0255. The molecule has 2 unspecified atom stereocenters. The molecule has 1 heterocycles. The zero-order valence-corrected chi connectivity index (χ0v) is 18.2. The summed E-state index contributed by atoms with van der Waals surface area (Å²) in [5.41, 5.74) is 6.02. The van der Waals surface area contributed by atoms with Crippen LogP contribution >= 0.6 is 0 Å². The smallest absolute Gasteiger partial charge is 0.231 e. The average molecular weight is 436 g/mol. The van der Waals surface area contributed by atoms with Crippen molar-refractivity contribution in [3.63, 3.8) is 0 Å². The van der Waals surface area contributed by atoms with Gasteiger partial charge in [0.25, 0.3) is 0 Å². The summed E-state index contributed by atoms with van der Waals surface area (Å²) in [5.74, 6) is -1.72. The van der Waals surface area contributed by atoms with Crippen molar-refractivity contribution in [2.24, 2.45) is 11.7 Å². The lowest BCUT2D eigenvalue weighted by molar-refractivity contribution is -0.139. The number of carbonyl (C=O) groups excluding carboxylic acids is 2. The van der Waals surface area contributed by atoms with E-state index in [1.54, 1.807) is 31.2 Å². The van der Waals surface area contributed by atoms with E-state index in [1.807, 2.05) is 13.0 Å². The monoisotopic (exact) mass is 435 g/mol. The molecule has 1 aliphatic rings. The van der Waals surface area contributed by atoms with Gasteiger partial charge in [-0.25, -0.2) is 8.42 Å². The van der Waals surface area contributed by atoms with E-state index in [0.29, 0.717) is 13.0 Å². The number of ether oxygens (including phenoxy) is 1. The first-order chi connectivity index (χ1) is 14.1. The Balaban J connectivity index is 1.96. The number of nitrogens with zero attached hydrogens (tertiary/aromatic N) is 1. The molecule has 3 N–H and O–H groups in total. The Morgan fingerprint density at radius 3 is 2.70 bits per heavy atom. The van der Waals surface area contributed by atoms with Crippen LogP contribution in [0, 0.1) is 18.3 Å². The van der Waals surface area contributed by atoms with E-state index in [9.17, 15) is 18.0 Å². The largest absolute Gasteiger partial charge is 0.386 e. The number of nitrogens with two attached hydrogens (primary N) is 1. The third-order valence-corrected chi connectivity index (χ3v) is 6.58. The Hall–Kier alpha value is -2.52. The number of Topliss-reactive ketones (excluding diaryl/α,β-unsaturated/α-hetero) is 1. The lowest BCUT2D eigenvalue weighted by Gasteiger charge is -2.33. The molecule has 30 heavy (non-hydrogen) atoms. The molecule has 164 valence electrons. The number of benzene rings is 1. The van der Waals surface area contributed by atoms with Crippen molar-refractivity contribution in [2.45, 2.75) is 37.6 Å². The predicted octanol–water partition coefficient (Wildman–Crippen LogP) is 1.47. The van der Waals surface area contributed by atoms with Crippen LogP contribution in [-0.2, 0) is 24.2 Å². The van der Waals surface area contributed by atoms with E-state index >= 15 is 0 Å². The molecule has 0 aromatic heterocycles. The van der Waals surface area contributed by atoms with Gasteiger partial charge in [0.2, 0.25) is 5.91 Å². The Labute approximate surface area is 177 Å². The van der Waals surface area contributed by atoms with Crippen LogP contribution in [0.4, 0.5) is 0 Å². The normalized spacial score (nSPS) is 19.1. The first-order valence-corrected chi connectivity index (χ1v) is 11.5. The van der Waals surface area contributed by atoms with Crippen molar-refractivity contribution in [3.05, 3.63) is 42.0 Å². The molecule has 0 saturated carbocycles. The molecule has 0 aliphatic carbocycles. The summed E-state index contributed by atoms with van der Waals surface area (Å²) in [7, 11) is -3.64. The number of nitrogens with one attached hydrogen (secondary N) is 1. The average Bonchev–Trinajstić information content (AvgIpc) is 2.67. The number of hydrogen-bond donors (Lipinski definition) is 2. The molecule has 9 heteroatoms. The highest BCUT2D eigenvalue weighted by molar-refractivity contribution is 7.91. The minimum atomic E-state index is -3.64. The van der Waals surface area contributed by atoms with Crippen LogP contribution in [0.5, 0.6) is 0 Å². The number of carbonyl (C=O) groups is 2. The highest BCUT2D eigenvalue weighted by atomic mass is 32.2. The number of hydrogen-bond acceptors (Lipinski definition) is 6. The van der Waals surface area contributed by atoms with E-state index < -0.39 is 15.8 Å². The number of amides is 1. The summed E-state index contributed by atoms with van der Waals surface area (Å²) in [5, 5.41) is 7.07. The summed E-state index contributed by atoms with van der Waals surface area (Å²) in [4.78, 5) is 26.8. The van der Waals surface area contributed by atoms with Crippen molar-refractivity contribution < 1.29 is 22.7 Å². The fourth-order valence-corrected chi connectivity index (χ4v) is 4.78. The van der Waals surface area contributed by atoms with E-state index in [-0.39, 0.29) is 53.8 Å². The number of aryl methyl sites for hydroxylation is 1. The second-order valence-electron chi connectivity index (χ2n) is 7.52. The molecule has 1 aromatic carbocycles. The van der Waals surface area contributed by atoms with E-state index in [2.05, 4.69) is 0 Å². The zero-order valence-electron chi connectivity index (χ0n) is 17.3. The quantitative estimate of drug-likeness (QED) is 0.234. The number of amidine groups is 1. The summed E-state index contributed by atoms with van der Waals surface area (Å²) in [6.07, 6.45) is 4.08. The van der Waals surface area contributed by atoms with Crippen LogP contribution in [0.25, 0.3) is 0 Å². The molecule has 0 radical (unpaired) electrons. The summed E-state index contributed by atoms with van der Waals surface area (Å²) >= 11 is 0. The van der Waals surface area contributed by atoms with Gasteiger partial charge >= 0.3 is 0 Å². The van der Waals surface area contributed by atoms with Crippen LogP contribution in [0.15, 0.2) is 41.3 Å². The van der Waals surface area contributed by atoms with Gasteiger partial charge in [-0.05, 0) is 38.0 Å². The fraction of sp³-hybridized carbons (Fsp3) is 0.476. The standard InChI is InChI=1S/C21H29N3O5S/c1-15-5-3-7-19(11-15)30(27,28)14-17-9-8-16(2)24(21(17)26)12-18(25)6-4-10-29-13-20(22)23/h3,5,7-9,11,16-17H,4,6,10,12-14H2,1-2H3,(H3,22,23). The van der Waals surface area contributed by atoms with Crippen molar-refractivity contribution >= 4 is 27.4 Å². The van der Waals surface area contributed by atoms with Gasteiger partial charge < -0.3 is 15.4 Å². The molecule has 0 spiro atoms. The minimum Gasteiger partial charge on any atom is -0.386 e. The highest BCUT2D eigenvalue weighted by Crippen LogP contribution is 2.22. The van der Waals surface area contributed by atoms with Gasteiger partial charge in [0.15, 0.2) is 15.6 Å². The fourth-order valence-electron chi connectivity index (χ4n) is 3.21. The van der Waals surface area contributed by atoms with Gasteiger partial charge in [0.1, 0.15) is 12.4 Å². The maximum absolute atomic E-state index is 12.9.